The Morgan fingerprint density at radius 3 is 2.69 bits per heavy atom. The molecule has 0 bridgehead atoms. The minimum atomic E-state index is 0.279. The van der Waals surface area contributed by atoms with E-state index in [1.165, 1.54) is 11.1 Å². The molecule has 0 aliphatic carbocycles. The van der Waals surface area contributed by atoms with Crippen molar-refractivity contribution in [1.82, 2.24) is 5.32 Å². The van der Waals surface area contributed by atoms with Gasteiger partial charge in [0.1, 0.15) is 0 Å². The summed E-state index contributed by atoms with van der Waals surface area (Å²) in [4.78, 5) is 0. The van der Waals surface area contributed by atoms with E-state index in [0.29, 0.717) is 5.92 Å². The molecule has 0 aromatic heterocycles. The van der Waals surface area contributed by atoms with Crippen molar-refractivity contribution in [2.45, 2.75) is 18.9 Å². The van der Waals surface area contributed by atoms with E-state index in [0.717, 1.165) is 13.1 Å². The van der Waals surface area contributed by atoms with Crippen LogP contribution in [0.15, 0.2) is 24.3 Å². The Labute approximate surface area is 79.1 Å². The smallest absolute Gasteiger partial charge is 0.0247 e. The van der Waals surface area contributed by atoms with Crippen LogP contribution in [0, 0.1) is 6.92 Å². The Bertz CT molecular complexity index is 296. The molecule has 0 unspecified atom stereocenters. The van der Waals surface area contributed by atoms with Crippen LogP contribution in [-0.2, 0) is 0 Å². The van der Waals surface area contributed by atoms with Gasteiger partial charge in [-0.15, -0.1) is 0 Å². The summed E-state index contributed by atoms with van der Waals surface area (Å²) < 4.78 is 0. The van der Waals surface area contributed by atoms with E-state index >= 15 is 0 Å². The Morgan fingerprint density at radius 1 is 1.31 bits per heavy atom. The van der Waals surface area contributed by atoms with Crippen molar-refractivity contribution in [2.24, 2.45) is 5.73 Å². The molecule has 1 aliphatic heterocycles. The predicted molar refractivity (Wildman–Crippen MR) is 54.8 cm³/mol. The molecular formula is C11H16N2. The minimum absolute atomic E-state index is 0.279. The lowest BCUT2D eigenvalue weighted by atomic mass is 9.91. The van der Waals surface area contributed by atoms with Crippen molar-refractivity contribution < 1.29 is 0 Å². The van der Waals surface area contributed by atoms with Gasteiger partial charge in [-0.3, -0.25) is 0 Å². The molecule has 0 amide bonds. The molecule has 13 heavy (non-hydrogen) atoms. The molecule has 2 atom stereocenters. The third-order valence-electron chi connectivity index (χ3n) is 2.85. The summed E-state index contributed by atoms with van der Waals surface area (Å²) in [6, 6.07) is 8.79. The molecule has 0 radical (unpaired) electrons. The maximum absolute atomic E-state index is 6.02. The Hall–Kier alpha value is -0.860. The maximum atomic E-state index is 6.02. The Kier molecular flexibility index (Phi) is 2.34. The first-order valence-corrected chi connectivity index (χ1v) is 4.81. The zero-order valence-corrected chi connectivity index (χ0v) is 7.96. The number of rotatable bonds is 1. The van der Waals surface area contributed by atoms with Crippen LogP contribution in [0.1, 0.15) is 17.0 Å². The van der Waals surface area contributed by atoms with Crippen LogP contribution in [0.2, 0.25) is 0 Å². The first-order valence-electron chi connectivity index (χ1n) is 4.81. The fraction of sp³-hybridized carbons (Fsp3) is 0.455. The van der Waals surface area contributed by atoms with Gasteiger partial charge in [-0.05, 0) is 18.1 Å². The van der Waals surface area contributed by atoms with E-state index in [4.69, 9.17) is 5.73 Å². The van der Waals surface area contributed by atoms with E-state index in [1.54, 1.807) is 0 Å². The number of nitrogens with two attached hydrogens (primary N) is 1. The first kappa shape index (κ1) is 8.73. The van der Waals surface area contributed by atoms with Gasteiger partial charge in [-0.25, -0.2) is 0 Å². The van der Waals surface area contributed by atoms with Crippen molar-refractivity contribution >= 4 is 0 Å². The molecule has 2 nitrogen and oxygen atoms in total. The summed E-state index contributed by atoms with van der Waals surface area (Å²) in [6.45, 7) is 4.12. The molecule has 1 aliphatic rings. The molecule has 1 saturated heterocycles. The highest BCUT2D eigenvalue weighted by atomic mass is 15.0. The minimum Gasteiger partial charge on any atom is -0.326 e. The van der Waals surface area contributed by atoms with Crippen LogP contribution in [0.3, 0.4) is 0 Å². The van der Waals surface area contributed by atoms with Gasteiger partial charge in [0.05, 0.1) is 0 Å². The van der Waals surface area contributed by atoms with Crippen LogP contribution in [-0.4, -0.2) is 19.1 Å². The van der Waals surface area contributed by atoms with Crippen LogP contribution >= 0.6 is 0 Å². The van der Waals surface area contributed by atoms with Crippen molar-refractivity contribution in [3.05, 3.63) is 35.4 Å². The van der Waals surface area contributed by atoms with Gasteiger partial charge in [0.2, 0.25) is 0 Å². The molecule has 1 aromatic rings. The number of aryl methyl sites for hydroxylation is 1. The fourth-order valence-corrected chi connectivity index (χ4v) is 2.04. The molecule has 1 heterocycles. The quantitative estimate of drug-likeness (QED) is 0.670. The summed E-state index contributed by atoms with van der Waals surface area (Å²) in [5, 5.41) is 3.32. The van der Waals surface area contributed by atoms with Gasteiger partial charge in [0, 0.05) is 25.0 Å². The zero-order valence-electron chi connectivity index (χ0n) is 7.96. The third kappa shape index (κ3) is 1.60. The molecule has 70 valence electrons. The van der Waals surface area contributed by atoms with Crippen LogP contribution in [0.5, 0.6) is 0 Å². The van der Waals surface area contributed by atoms with E-state index in [9.17, 15) is 0 Å². The second-order valence-electron chi connectivity index (χ2n) is 3.79. The zero-order chi connectivity index (χ0) is 9.26. The standard InChI is InChI=1S/C11H16N2/c1-8-4-2-3-5-9(8)10-6-13-7-11(10)12/h2-5,10-11,13H,6-7,12H2,1H3/t10-,11-/m0/s1. The van der Waals surface area contributed by atoms with Crippen LogP contribution < -0.4 is 11.1 Å². The van der Waals surface area contributed by atoms with Crippen molar-refractivity contribution in [1.29, 1.82) is 0 Å². The molecule has 1 aromatic carbocycles. The highest BCUT2D eigenvalue weighted by Gasteiger charge is 2.25. The molecular weight excluding hydrogens is 160 g/mol. The SMILES string of the molecule is Cc1ccccc1[C@@H]1CNC[C@@H]1N. The first-order chi connectivity index (χ1) is 6.29. The summed E-state index contributed by atoms with van der Waals surface area (Å²) >= 11 is 0. The summed E-state index contributed by atoms with van der Waals surface area (Å²) in [5.41, 5.74) is 8.77. The van der Waals surface area contributed by atoms with Gasteiger partial charge in [0.25, 0.3) is 0 Å². The van der Waals surface area contributed by atoms with E-state index < -0.39 is 0 Å². The monoisotopic (exact) mass is 176 g/mol. The number of nitrogens with one attached hydrogen (secondary N) is 1. The second-order valence-corrected chi connectivity index (χ2v) is 3.79. The molecule has 0 spiro atoms. The second kappa shape index (κ2) is 3.48. The molecule has 3 N–H and O–H groups in total. The lowest BCUT2D eigenvalue weighted by molar-refractivity contribution is 0.650. The fourth-order valence-electron chi connectivity index (χ4n) is 2.04. The molecule has 2 heteroatoms. The topological polar surface area (TPSA) is 38.0 Å². The van der Waals surface area contributed by atoms with Gasteiger partial charge in [-0.1, -0.05) is 24.3 Å². The van der Waals surface area contributed by atoms with Gasteiger partial charge in [-0.2, -0.15) is 0 Å². The highest BCUT2D eigenvalue weighted by Crippen LogP contribution is 2.24. The lowest BCUT2D eigenvalue weighted by Crippen LogP contribution is -2.27. The van der Waals surface area contributed by atoms with Crippen molar-refractivity contribution in [3.8, 4) is 0 Å². The molecule has 0 saturated carbocycles. The molecule has 2 rings (SSSR count). The van der Waals surface area contributed by atoms with Crippen molar-refractivity contribution in [3.63, 3.8) is 0 Å². The average molecular weight is 176 g/mol. The maximum Gasteiger partial charge on any atom is 0.0247 e. The summed E-state index contributed by atoms with van der Waals surface area (Å²) in [7, 11) is 0. The van der Waals surface area contributed by atoms with Crippen LogP contribution in [0.25, 0.3) is 0 Å². The van der Waals surface area contributed by atoms with Crippen LogP contribution in [0.4, 0.5) is 0 Å². The number of hydrogen-bond acceptors (Lipinski definition) is 2. The van der Waals surface area contributed by atoms with Gasteiger partial charge in [0.15, 0.2) is 0 Å². The number of benzene rings is 1. The highest BCUT2D eigenvalue weighted by molar-refractivity contribution is 5.31. The van der Waals surface area contributed by atoms with Gasteiger partial charge < -0.3 is 11.1 Å². The summed E-state index contributed by atoms with van der Waals surface area (Å²) in [5.74, 6) is 0.501. The van der Waals surface area contributed by atoms with Crippen molar-refractivity contribution in [2.75, 3.05) is 13.1 Å². The van der Waals surface area contributed by atoms with E-state index in [1.807, 2.05) is 0 Å². The third-order valence-corrected chi connectivity index (χ3v) is 2.85. The predicted octanol–water partition coefficient (Wildman–Crippen LogP) is 1.01. The van der Waals surface area contributed by atoms with Gasteiger partial charge >= 0.3 is 0 Å². The normalized spacial score (nSPS) is 27.8. The summed E-state index contributed by atoms with van der Waals surface area (Å²) in [6.07, 6.45) is 0. The van der Waals surface area contributed by atoms with E-state index in [-0.39, 0.29) is 6.04 Å². The Balaban J connectivity index is 2.29. The lowest BCUT2D eigenvalue weighted by Gasteiger charge is -2.16. The average Bonchev–Trinajstić information content (AvgIpc) is 2.52. The largest absolute Gasteiger partial charge is 0.326 e. The Morgan fingerprint density at radius 2 is 2.08 bits per heavy atom. The van der Waals surface area contributed by atoms with E-state index in [2.05, 4.69) is 36.5 Å². The molecule has 1 fully saturated rings. The number of hydrogen-bond donors (Lipinski definition) is 2.